The van der Waals surface area contributed by atoms with Crippen LogP contribution < -0.4 is 5.32 Å². The second-order valence-corrected chi connectivity index (χ2v) is 10.4. The van der Waals surface area contributed by atoms with E-state index in [-0.39, 0.29) is 16.3 Å². The molecule has 0 aliphatic carbocycles. The van der Waals surface area contributed by atoms with Crippen molar-refractivity contribution in [1.82, 2.24) is 14.9 Å². The minimum absolute atomic E-state index is 0.0123. The highest BCUT2D eigenvalue weighted by atomic mass is 32.2. The highest BCUT2D eigenvalue weighted by Crippen LogP contribution is 2.40. The normalized spacial score (nSPS) is 12.1. The van der Waals surface area contributed by atoms with E-state index < -0.39 is 21.9 Å². The van der Waals surface area contributed by atoms with Crippen LogP contribution in [0.2, 0.25) is 0 Å². The number of halogens is 3. The summed E-state index contributed by atoms with van der Waals surface area (Å²) in [6, 6.07) is 14.1. The second kappa shape index (κ2) is 9.15. The van der Waals surface area contributed by atoms with Crippen LogP contribution >= 0.6 is 11.8 Å². The van der Waals surface area contributed by atoms with Crippen LogP contribution in [-0.4, -0.2) is 30.1 Å². The third-order valence-corrected chi connectivity index (χ3v) is 8.13. The van der Waals surface area contributed by atoms with Gasteiger partial charge in [-0.15, -0.1) is 0 Å². The average molecular weight is 506 g/mol. The molecule has 4 rings (SSSR count). The molecule has 0 fully saturated rings. The van der Waals surface area contributed by atoms with E-state index in [1.807, 2.05) is 29.9 Å². The summed E-state index contributed by atoms with van der Waals surface area (Å²) < 4.78 is 66.1. The van der Waals surface area contributed by atoms with E-state index in [1.165, 1.54) is 36.0 Å². The Morgan fingerprint density at radius 1 is 1.09 bits per heavy atom. The van der Waals surface area contributed by atoms with Crippen LogP contribution in [-0.2, 0) is 28.2 Å². The number of hydrogen-bond acceptors (Lipinski definition) is 5. The topological polar surface area (TPSA) is 81.1 Å². The number of carbonyl (C=O) groups is 1. The molecule has 4 aromatic rings. The first-order chi connectivity index (χ1) is 16.1. The number of sulfone groups is 1. The molecular weight excluding hydrogens is 487 g/mol. The second-order valence-electron chi connectivity index (χ2n) is 7.37. The van der Waals surface area contributed by atoms with Crippen LogP contribution in [0.25, 0.3) is 10.9 Å². The number of amides is 1. The molecule has 2 aromatic heterocycles. The molecule has 2 heterocycles. The SMILES string of the molecule is Cn1ccc2c(Sc3cccnc3)c(S(=O)(=O)c3ccc(CNC(=O)C(F)(F)F)cc3)ccc21. The number of fused-ring (bicyclic) bond motifs is 1. The van der Waals surface area contributed by atoms with Gasteiger partial charge in [-0.25, -0.2) is 8.42 Å². The highest BCUT2D eigenvalue weighted by molar-refractivity contribution is 8.00. The zero-order valence-corrected chi connectivity index (χ0v) is 19.3. The Bertz CT molecular complexity index is 1450. The smallest absolute Gasteiger partial charge is 0.351 e. The summed E-state index contributed by atoms with van der Waals surface area (Å²) in [5.74, 6) is -2.06. The number of nitrogens with one attached hydrogen (secondary N) is 1. The number of aromatic nitrogens is 2. The first-order valence-corrected chi connectivity index (χ1v) is 12.2. The van der Waals surface area contributed by atoms with Crippen LogP contribution in [0.15, 0.2) is 92.8 Å². The summed E-state index contributed by atoms with van der Waals surface area (Å²) in [5, 5.41) is 2.53. The van der Waals surface area contributed by atoms with E-state index in [2.05, 4.69) is 4.98 Å². The van der Waals surface area contributed by atoms with Gasteiger partial charge in [0.05, 0.1) is 9.79 Å². The van der Waals surface area contributed by atoms with Crippen molar-refractivity contribution >= 4 is 38.4 Å². The number of alkyl halides is 3. The molecule has 0 saturated heterocycles. The van der Waals surface area contributed by atoms with Gasteiger partial charge in [0.15, 0.2) is 0 Å². The minimum Gasteiger partial charge on any atom is -0.351 e. The molecule has 1 N–H and O–H groups in total. The summed E-state index contributed by atoms with van der Waals surface area (Å²) in [7, 11) is -2.09. The van der Waals surface area contributed by atoms with E-state index in [0.717, 1.165) is 15.8 Å². The molecule has 2 aromatic carbocycles. The predicted octanol–water partition coefficient (Wildman–Crippen LogP) is 4.74. The summed E-state index contributed by atoms with van der Waals surface area (Å²) in [4.78, 5) is 16.5. The Balaban J connectivity index is 1.69. The largest absolute Gasteiger partial charge is 0.471 e. The summed E-state index contributed by atoms with van der Waals surface area (Å²) in [6.45, 7) is -0.378. The molecule has 0 spiro atoms. The maximum atomic E-state index is 13.5. The van der Waals surface area contributed by atoms with Crippen molar-refractivity contribution in [3.63, 3.8) is 0 Å². The molecule has 0 saturated carbocycles. The number of hydrogen-bond donors (Lipinski definition) is 1. The van der Waals surface area contributed by atoms with Crippen molar-refractivity contribution in [3.8, 4) is 0 Å². The van der Waals surface area contributed by atoms with Gasteiger partial charge in [-0.3, -0.25) is 9.78 Å². The van der Waals surface area contributed by atoms with Crippen LogP contribution in [0.5, 0.6) is 0 Å². The van der Waals surface area contributed by atoms with Crippen molar-refractivity contribution in [1.29, 1.82) is 0 Å². The lowest BCUT2D eigenvalue weighted by molar-refractivity contribution is -0.173. The van der Waals surface area contributed by atoms with Gasteiger partial charge < -0.3 is 9.88 Å². The van der Waals surface area contributed by atoms with Gasteiger partial charge in [0.1, 0.15) is 0 Å². The van der Waals surface area contributed by atoms with Crippen LogP contribution in [0.4, 0.5) is 13.2 Å². The Morgan fingerprint density at radius 2 is 1.82 bits per heavy atom. The maximum absolute atomic E-state index is 13.5. The van der Waals surface area contributed by atoms with Crippen LogP contribution in [0.3, 0.4) is 0 Å². The summed E-state index contributed by atoms with van der Waals surface area (Å²) in [5.41, 5.74) is 1.20. The molecule has 11 heteroatoms. The average Bonchev–Trinajstić information content (AvgIpc) is 3.19. The van der Waals surface area contributed by atoms with Gasteiger partial charge in [-0.1, -0.05) is 23.9 Å². The standard InChI is InChI=1S/C23H18F3N3O3S2/c1-29-12-10-18-19(29)8-9-20(21(18)33-16-3-2-11-27-14-16)34(31,32)17-6-4-15(5-7-17)13-28-22(30)23(24,25)26/h2-12,14H,13H2,1H3,(H,28,30). The fraction of sp³-hybridized carbons (Fsp3) is 0.130. The van der Waals surface area contributed by atoms with E-state index in [1.54, 1.807) is 35.9 Å². The number of aryl methyl sites for hydroxylation is 1. The molecule has 1 amide bonds. The molecular formula is C23H18F3N3O3S2. The Morgan fingerprint density at radius 3 is 2.47 bits per heavy atom. The lowest BCUT2D eigenvalue weighted by atomic mass is 10.2. The Labute approximate surface area is 197 Å². The van der Waals surface area contributed by atoms with Gasteiger partial charge >= 0.3 is 12.1 Å². The monoisotopic (exact) mass is 505 g/mol. The maximum Gasteiger partial charge on any atom is 0.471 e. The van der Waals surface area contributed by atoms with E-state index >= 15 is 0 Å². The van der Waals surface area contributed by atoms with Gasteiger partial charge in [0, 0.05) is 52.9 Å². The lowest BCUT2D eigenvalue weighted by Crippen LogP contribution is -2.36. The third-order valence-electron chi connectivity index (χ3n) is 5.07. The molecule has 6 nitrogen and oxygen atoms in total. The number of benzene rings is 2. The van der Waals surface area contributed by atoms with Crippen molar-refractivity contribution < 1.29 is 26.4 Å². The van der Waals surface area contributed by atoms with Gasteiger partial charge in [0.25, 0.3) is 0 Å². The number of rotatable bonds is 6. The Hall–Kier alpha value is -3.31. The van der Waals surface area contributed by atoms with E-state index in [0.29, 0.717) is 10.5 Å². The lowest BCUT2D eigenvalue weighted by Gasteiger charge is -2.13. The first-order valence-electron chi connectivity index (χ1n) is 9.92. The molecule has 0 aliphatic heterocycles. The third kappa shape index (κ3) is 4.80. The number of nitrogens with zero attached hydrogens (tertiary/aromatic N) is 2. The zero-order valence-electron chi connectivity index (χ0n) is 17.7. The van der Waals surface area contributed by atoms with E-state index in [4.69, 9.17) is 0 Å². The fourth-order valence-corrected chi connectivity index (χ4v) is 6.09. The van der Waals surface area contributed by atoms with E-state index in [9.17, 15) is 26.4 Å². The van der Waals surface area contributed by atoms with Crippen molar-refractivity contribution in [2.45, 2.75) is 32.3 Å². The molecule has 176 valence electrons. The van der Waals surface area contributed by atoms with Gasteiger partial charge in [0.2, 0.25) is 9.84 Å². The Kier molecular flexibility index (Phi) is 6.41. The molecule has 0 radical (unpaired) electrons. The fourth-order valence-electron chi connectivity index (χ4n) is 3.34. The van der Waals surface area contributed by atoms with Crippen LogP contribution in [0, 0.1) is 0 Å². The quantitative estimate of drug-likeness (QED) is 0.410. The van der Waals surface area contributed by atoms with Crippen molar-refractivity contribution in [2.24, 2.45) is 7.05 Å². The summed E-state index contributed by atoms with van der Waals surface area (Å²) in [6.07, 6.45) is 0.135. The molecule has 0 bridgehead atoms. The zero-order chi connectivity index (χ0) is 24.5. The highest BCUT2D eigenvalue weighted by Gasteiger charge is 2.38. The number of carbonyl (C=O) groups excluding carboxylic acids is 1. The molecule has 34 heavy (non-hydrogen) atoms. The van der Waals surface area contributed by atoms with Gasteiger partial charge in [-0.2, -0.15) is 13.2 Å². The molecule has 0 aliphatic rings. The first kappa shape index (κ1) is 23.8. The van der Waals surface area contributed by atoms with Crippen LogP contribution in [0.1, 0.15) is 5.56 Å². The minimum atomic E-state index is -4.98. The molecule has 0 unspecified atom stereocenters. The number of pyridine rings is 1. The molecule has 0 atom stereocenters. The van der Waals surface area contributed by atoms with Gasteiger partial charge in [-0.05, 0) is 48.0 Å². The van der Waals surface area contributed by atoms with Crippen molar-refractivity contribution in [2.75, 3.05) is 0 Å². The van der Waals surface area contributed by atoms with Crippen molar-refractivity contribution in [3.05, 3.63) is 78.8 Å². The summed E-state index contributed by atoms with van der Waals surface area (Å²) >= 11 is 1.29. The predicted molar refractivity (Wildman–Crippen MR) is 121 cm³/mol.